The van der Waals surface area contributed by atoms with Gasteiger partial charge < -0.3 is 15.0 Å². The fourth-order valence-electron chi connectivity index (χ4n) is 3.45. The van der Waals surface area contributed by atoms with Crippen molar-refractivity contribution in [3.05, 3.63) is 60.2 Å². The van der Waals surface area contributed by atoms with Crippen LogP contribution in [0, 0.1) is 0 Å². The number of carbonyl (C=O) groups is 2. The van der Waals surface area contributed by atoms with Gasteiger partial charge in [0, 0.05) is 32.1 Å². The Labute approximate surface area is 196 Å². The summed E-state index contributed by atoms with van der Waals surface area (Å²) in [6, 6.07) is 15.6. The number of benzene rings is 2. The van der Waals surface area contributed by atoms with E-state index < -0.39 is 16.1 Å². The van der Waals surface area contributed by atoms with Crippen LogP contribution in [0.3, 0.4) is 0 Å². The first-order valence-electron chi connectivity index (χ1n) is 10.9. The minimum absolute atomic E-state index is 0.104. The molecule has 180 valence electrons. The molecule has 0 radical (unpaired) electrons. The maximum Gasteiger partial charge on any atom is 0.242 e. The van der Waals surface area contributed by atoms with Gasteiger partial charge in [-0.3, -0.25) is 13.9 Å². The molecule has 0 spiro atoms. The number of methoxy groups -OCH3 is 1. The maximum absolute atomic E-state index is 13.1. The van der Waals surface area contributed by atoms with Crippen molar-refractivity contribution in [1.82, 2.24) is 10.2 Å². The van der Waals surface area contributed by atoms with Crippen LogP contribution in [0.5, 0.6) is 5.75 Å². The molecule has 1 N–H and O–H groups in total. The third kappa shape index (κ3) is 7.78. The van der Waals surface area contributed by atoms with E-state index in [0.717, 1.165) is 11.8 Å². The van der Waals surface area contributed by atoms with Crippen LogP contribution in [0.25, 0.3) is 0 Å². The predicted octanol–water partition coefficient (Wildman–Crippen LogP) is 2.79. The van der Waals surface area contributed by atoms with Crippen molar-refractivity contribution in [2.24, 2.45) is 0 Å². The number of likely N-dealkylation sites (N-methyl/N-ethyl adjacent to an activating group) is 1. The highest BCUT2D eigenvalue weighted by Gasteiger charge is 2.26. The van der Waals surface area contributed by atoms with Crippen LogP contribution in [-0.2, 0) is 26.2 Å². The Balaban J connectivity index is 2.14. The molecule has 33 heavy (non-hydrogen) atoms. The second-order valence-electron chi connectivity index (χ2n) is 7.72. The van der Waals surface area contributed by atoms with E-state index in [1.54, 1.807) is 31.2 Å². The third-order valence-electron chi connectivity index (χ3n) is 5.21. The monoisotopic (exact) mass is 475 g/mol. The molecule has 0 aliphatic heterocycles. The molecular weight excluding hydrogens is 442 g/mol. The molecule has 0 heterocycles. The van der Waals surface area contributed by atoms with Gasteiger partial charge in [-0.25, -0.2) is 8.42 Å². The lowest BCUT2D eigenvalue weighted by Gasteiger charge is -2.29. The van der Waals surface area contributed by atoms with Crippen molar-refractivity contribution in [3.63, 3.8) is 0 Å². The van der Waals surface area contributed by atoms with Gasteiger partial charge in [-0.15, -0.1) is 0 Å². The molecule has 2 aromatic carbocycles. The van der Waals surface area contributed by atoms with E-state index in [4.69, 9.17) is 4.74 Å². The minimum atomic E-state index is -3.56. The van der Waals surface area contributed by atoms with E-state index in [9.17, 15) is 18.0 Å². The van der Waals surface area contributed by atoms with E-state index in [1.807, 2.05) is 37.3 Å². The summed E-state index contributed by atoms with van der Waals surface area (Å²) in [5.74, 6) is 0.106. The number of nitrogens with zero attached hydrogens (tertiary/aromatic N) is 2. The summed E-state index contributed by atoms with van der Waals surface area (Å²) in [6.45, 7) is 4.42. The van der Waals surface area contributed by atoms with Gasteiger partial charge >= 0.3 is 0 Å². The summed E-state index contributed by atoms with van der Waals surface area (Å²) in [6.07, 6.45) is 1.54. The molecule has 0 unspecified atom stereocenters. The zero-order chi connectivity index (χ0) is 24.4. The van der Waals surface area contributed by atoms with Crippen LogP contribution >= 0.6 is 0 Å². The van der Waals surface area contributed by atoms with Crippen molar-refractivity contribution in [2.45, 2.75) is 39.3 Å². The van der Waals surface area contributed by atoms with E-state index in [1.165, 1.54) is 16.3 Å². The van der Waals surface area contributed by atoms with Crippen molar-refractivity contribution < 1.29 is 22.7 Å². The van der Waals surface area contributed by atoms with E-state index >= 15 is 0 Å². The normalized spacial score (nSPS) is 12.0. The topological polar surface area (TPSA) is 96.0 Å². The predicted molar refractivity (Wildman–Crippen MR) is 130 cm³/mol. The average Bonchev–Trinajstić information content (AvgIpc) is 2.79. The number of carbonyl (C=O) groups excluding carboxylic acids is 2. The van der Waals surface area contributed by atoms with E-state index in [-0.39, 0.29) is 24.8 Å². The number of hydrogen-bond acceptors (Lipinski definition) is 5. The highest BCUT2D eigenvalue weighted by atomic mass is 32.2. The Morgan fingerprint density at radius 1 is 1.09 bits per heavy atom. The summed E-state index contributed by atoms with van der Waals surface area (Å²) in [5, 5.41) is 2.76. The Morgan fingerprint density at radius 3 is 2.39 bits per heavy atom. The number of rotatable bonds is 12. The van der Waals surface area contributed by atoms with Crippen LogP contribution in [0.1, 0.15) is 32.3 Å². The Kier molecular flexibility index (Phi) is 9.72. The largest absolute Gasteiger partial charge is 0.497 e. The molecular formula is C24H33N3O5S. The van der Waals surface area contributed by atoms with Gasteiger partial charge in [0.25, 0.3) is 0 Å². The van der Waals surface area contributed by atoms with Gasteiger partial charge in [-0.05, 0) is 38.0 Å². The molecule has 0 saturated carbocycles. The minimum Gasteiger partial charge on any atom is -0.497 e. The fraction of sp³-hybridized carbons (Fsp3) is 0.417. The number of sulfonamides is 1. The highest BCUT2D eigenvalue weighted by molar-refractivity contribution is 7.92. The SMILES string of the molecule is CCNC(=O)[C@H](C)N(Cc1ccccc1)C(=O)CCCN(c1cccc(OC)c1)S(C)(=O)=O. The molecule has 0 fully saturated rings. The average molecular weight is 476 g/mol. The molecule has 8 nitrogen and oxygen atoms in total. The standard InChI is InChI=1S/C24H33N3O5S/c1-5-25-24(29)19(2)26(18-20-11-7-6-8-12-20)23(28)15-10-16-27(33(4,30)31)21-13-9-14-22(17-21)32-3/h6-9,11-14,17,19H,5,10,15-16,18H2,1-4H3,(H,25,29)/t19-/m0/s1. The first kappa shape index (κ1) is 26.2. The van der Waals surface area contributed by atoms with Crippen LogP contribution in [-0.4, -0.2) is 57.6 Å². The second-order valence-corrected chi connectivity index (χ2v) is 9.62. The quantitative estimate of drug-likeness (QED) is 0.509. The molecule has 2 aromatic rings. The lowest BCUT2D eigenvalue weighted by atomic mass is 10.1. The summed E-state index contributed by atoms with van der Waals surface area (Å²) in [5.41, 5.74) is 1.39. The molecule has 0 saturated heterocycles. The van der Waals surface area contributed by atoms with Crippen molar-refractivity contribution >= 4 is 27.5 Å². The molecule has 0 aliphatic rings. The first-order chi connectivity index (χ1) is 15.7. The van der Waals surface area contributed by atoms with Gasteiger partial charge in [0.15, 0.2) is 0 Å². The lowest BCUT2D eigenvalue weighted by molar-refractivity contribution is -0.140. The van der Waals surface area contributed by atoms with E-state index in [0.29, 0.717) is 30.9 Å². The number of nitrogens with one attached hydrogen (secondary N) is 1. The zero-order valence-corrected chi connectivity index (χ0v) is 20.5. The van der Waals surface area contributed by atoms with Crippen molar-refractivity contribution in [1.29, 1.82) is 0 Å². The molecule has 0 bridgehead atoms. The number of hydrogen-bond donors (Lipinski definition) is 1. The molecule has 0 aromatic heterocycles. The Hall–Kier alpha value is -3.07. The molecule has 0 aliphatic carbocycles. The Morgan fingerprint density at radius 2 is 1.79 bits per heavy atom. The van der Waals surface area contributed by atoms with Gasteiger partial charge in [-0.1, -0.05) is 36.4 Å². The van der Waals surface area contributed by atoms with E-state index in [2.05, 4.69) is 5.32 Å². The smallest absolute Gasteiger partial charge is 0.242 e. The van der Waals surface area contributed by atoms with Gasteiger partial charge in [0.2, 0.25) is 21.8 Å². The van der Waals surface area contributed by atoms with Crippen molar-refractivity contribution in [3.8, 4) is 5.75 Å². The highest BCUT2D eigenvalue weighted by Crippen LogP contribution is 2.23. The van der Waals surface area contributed by atoms with Crippen molar-refractivity contribution in [2.75, 3.05) is 30.8 Å². The van der Waals surface area contributed by atoms with Gasteiger partial charge in [-0.2, -0.15) is 0 Å². The molecule has 2 rings (SSSR count). The first-order valence-corrected chi connectivity index (χ1v) is 12.7. The fourth-order valence-corrected chi connectivity index (χ4v) is 4.41. The third-order valence-corrected chi connectivity index (χ3v) is 6.40. The summed E-state index contributed by atoms with van der Waals surface area (Å²) >= 11 is 0. The molecule has 1 atom stereocenters. The number of ether oxygens (including phenoxy) is 1. The summed E-state index contributed by atoms with van der Waals surface area (Å²) in [7, 11) is -2.04. The van der Waals surface area contributed by atoms with Gasteiger partial charge in [0.1, 0.15) is 11.8 Å². The maximum atomic E-state index is 13.1. The van der Waals surface area contributed by atoms with Crippen LogP contribution < -0.4 is 14.4 Å². The van der Waals surface area contributed by atoms with Gasteiger partial charge in [0.05, 0.1) is 19.1 Å². The lowest BCUT2D eigenvalue weighted by Crippen LogP contribution is -2.47. The van der Waals surface area contributed by atoms with Crippen LogP contribution in [0.15, 0.2) is 54.6 Å². The molecule has 9 heteroatoms. The number of amides is 2. The van der Waals surface area contributed by atoms with Crippen LogP contribution in [0.2, 0.25) is 0 Å². The summed E-state index contributed by atoms with van der Waals surface area (Å²) in [4.78, 5) is 27.1. The summed E-state index contributed by atoms with van der Waals surface area (Å²) < 4.78 is 31.2. The van der Waals surface area contributed by atoms with Crippen LogP contribution in [0.4, 0.5) is 5.69 Å². The number of anilines is 1. The zero-order valence-electron chi connectivity index (χ0n) is 19.7. The second kappa shape index (κ2) is 12.2. The molecule has 2 amide bonds. The Bertz CT molecular complexity index is 1030.